The third kappa shape index (κ3) is 2.24. The van der Waals surface area contributed by atoms with Crippen molar-refractivity contribution in [1.82, 2.24) is 20.2 Å². The highest BCUT2D eigenvalue weighted by Crippen LogP contribution is 2.31. The van der Waals surface area contributed by atoms with E-state index < -0.39 is 0 Å². The van der Waals surface area contributed by atoms with Crippen LogP contribution in [0.1, 0.15) is 18.9 Å². The zero-order chi connectivity index (χ0) is 14.2. The second-order valence-electron chi connectivity index (χ2n) is 5.75. The van der Waals surface area contributed by atoms with E-state index in [1.807, 2.05) is 19.3 Å². The molecular formula is C14H21N5O. The van der Waals surface area contributed by atoms with Crippen molar-refractivity contribution in [1.29, 1.82) is 0 Å². The first-order valence-electron chi connectivity index (χ1n) is 7.18. The fourth-order valence-electron chi connectivity index (χ4n) is 3.20. The Morgan fingerprint density at radius 2 is 2.15 bits per heavy atom. The van der Waals surface area contributed by atoms with Gasteiger partial charge in [-0.3, -0.25) is 9.69 Å². The van der Waals surface area contributed by atoms with Crippen molar-refractivity contribution in [3.05, 3.63) is 18.0 Å². The summed E-state index contributed by atoms with van der Waals surface area (Å²) in [6.45, 7) is 8.05. The highest BCUT2D eigenvalue weighted by Gasteiger charge is 2.46. The smallest absolute Gasteiger partial charge is 0.234 e. The number of rotatable bonds is 2. The Bertz CT molecular complexity index is 503. The van der Waals surface area contributed by atoms with Crippen LogP contribution in [-0.4, -0.2) is 59.0 Å². The van der Waals surface area contributed by atoms with Crippen LogP contribution in [0.4, 0.5) is 5.95 Å². The topological polar surface area (TPSA) is 61.4 Å². The van der Waals surface area contributed by atoms with Gasteiger partial charge >= 0.3 is 0 Å². The summed E-state index contributed by atoms with van der Waals surface area (Å²) in [5, 5.41) is 3.01. The molecule has 0 bridgehead atoms. The molecule has 0 unspecified atom stereocenters. The van der Waals surface area contributed by atoms with Gasteiger partial charge in [0.2, 0.25) is 11.9 Å². The number of hydrogen-bond acceptors (Lipinski definition) is 5. The Labute approximate surface area is 119 Å². The largest absolute Gasteiger partial charge is 0.353 e. The van der Waals surface area contributed by atoms with Gasteiger partial charge in [0.25, 0.3) is 0 Å². The van der Waals surface area contributed by atoms with Crippen LogP contribution in [0.2, 0.25) is 0 Å². The first-order valence-corrected chi connectivity index (χ1v) is 7.18. The second-order valence-corrected chi connectivity index (χ2v) is 5.75. The predicted octanol–water partition coefficient (Wildman–Crippen LogP) is 0.186. The fraction of sp³-hybridized carbons (Fsp3) is 0.643. The number of anilines is 1. The summed E-state index contributed by atoms with van der Waals surface area (Å²) in [6, 6.07) is 0. The van der Waals surface area contributed by atoms with Crippen molar-refractivity contribution in [2.24, 2.45) is 0 Å². The SMILES string of the molecule is CCN1CC(=O)NC[C@]12CCN(c1ncc(C)cn1)C2. The Morgan fingerprint density at radius 3 is 2.85 bits per heavy atom. The lowest BCUT2D eigenvalue weighted by Crippen LogP contribution is -2.64. The highest BCUT2D eigenvalue weighted by molar-refractivity contribution is 5.79. The number of amides is 1. The molecule has 6 nitrogen and oxygen atoms in total. The van der Waals surface area contributed by atoms with Crippen molar-refractivity contribution < 1.29 is 4.79 Å². The molecule has 3 heterocycles. The Balaban J connectivity index is 1.78. The van der Waals surface area contributed by atoms with E-state index in [4.69, 9.17) is 0 Å². The lowest BCUT2D eigenvalue weighted by Gasteiger charge is -2.43. The van der Waals surface area contributed by atoms with E-state index in [1.54, 1.807) is 0 Å². The maximum Gasteiger partial charge on any atom is 0.234 e. The van der Waals surface area contributed by atoms with Crippen LogP contribution in [0.3, 0.4) is 0 Å². The lowest BCUT2D eigenvalue weighted by atomic mass is 9.93. The van der Waals surface area contributed by atoms with Crippen molar-refractivity contribution in [3.8, 4) is 0 Å². The Morgan fingerprint density at radius 1 is 1.40 bits per heavy atom. The third-order valence-electron chi connectivity index (χ3n) is 4.38. The van der Waals surface area contributed by atoms with E-state index in [1.165, 1.54) is 0 Å². The lowest BCUT2D eigenvalue weighted by molar-refractivity contribution is -0.127. The number of hydrogen-bond donors (Lipinski definition) is 1. The number of aryl methyl sites for hydroxylation is 1. The number of likely N-dealkylation sites (N-methyl/N-ethyl adjacent to an activating group) is 1. The van der Waals surface area contributed by atoms with Crippen LogP contribution < -0.4 is 10.2 Å². The summed E-state index contributed by atoms with van der Waals surface area (Å²) >= 11 is 0. The Hall–Kier alpha value is -1.69. The van der Waals surface area contributed by atoms with Crippen molar-refractivity contribution >= 4 is 11.9 Å². The van der Waals surface area contributed by atoms with Gasteiger partial charge in [-0.15, -0.1) is 0 Å². The van der Waals surface area contributed by atoms with Crippen LogP contribution in [0.25, 0.3) is 0 Å². The molecule has 3 rings (SSSR count). The molecule has 2 fully saturated rings. The van der Waals surface area contributed by atoms with Gasteiger partial charge in [-0.25, -0.2) is 9.97 Å². The molecule has 1 spiro atoms. The summed E-state index contributed by atoms with van der Waals surface area (Å²) in [5.74, 6) is 0.919. The molecular weight excluding hydrogens is 254 g/mol. The molecule has 1 aromatic rings. The number of nitrogens with one attached hydrogen (secondary N) is 1. The average molecular weight is 275 g/mol. The molecule has 108 valence electrons. The van der Waals surface area contributed by atoms with Gasteiger partial charge < -0.3 is 10.2 Å². The maximum atomic E-state index is 11.6. The van der Waals surface area contributed by atoms with Gasteiger partial charge in [-0.05, 0) is 25.5 Å². The molecule has 1 atom stereocenters. The molecule has 0 radical (unpaired) electrons. The van der Waals surface area contributed by atoms with E-state index in [0.717, 1.165) is 44.1 Å². The Kier molecular flexibility index (Phi) is 3.33. The molecule has 0 saturated carbocycles. The molecule has 2 aliphatic rings. The van der Waals surface area contributed by atoms with Gasteiger partial charge in [-0.2, -0.15) is 0 Å². The minimum Gasteiger partial charge on any atom is -0.353 e. The molecule has 2 aliphatic heterocycles. The highest BCUT2D eigenvalue weighted by atomic mass is 16.2. The summed E-state index contributed by atoms with van der Waals surface area (Å²) in [6.07, 6.45) is 4.75. The van der Waals surface area contributed by atoms with Crippen LogP contribution >= 0.6 is 0 Å². The van der Waals surface area contributed by atoms with Crippen molar-refractivity contribution in [2.75, 3.05) is 37.6 Å². The van der Waals surface area contributed by atoms with Crippen LogP contribution in [0.15, 0.2) is 12.4 Å². The minimum atomic E-state index is 0.0386. The van der Waals surface area contributed by atoms with E-state index in [9.17, 15) is 4.79 Å². The molecule has 20 heavy (non-hydrogen) atoms. The molecule has 1 amide bonds. The second kappa shape index (κ2) is 5.01. The van der Waals surface area contributed by atoms with Crippen LogP contribution in [-0.2, 0) is 4.79 Å². The van der Waals surface area contributed by atoms with Crippen LogP contribution in [0, 0.1) is 6.92 Å². The molecule has 6 heteroatoms. The molecule has 1 aromatic heterocycles. The quantitative estimate of drug-likeness (QED) is 0.834. The monoisotopic (exact) mass is 275 g/mol. The fourth-order valence-corrected chi connectivity index (χ4v) is 3.20. The number of aromatic nitrogens is 2. The standard InChI is InChI=1S/C14H21N5O/c1-3-19-8-12(20)17-9-14(19)4-5-18(10-14)13-15-6-11(2)7-16-13/h6-7H,3-5,8-10H2,1-2H3,(H,17,20)/t14-/m0/s1. The first kappa shape index (κ1) is 13.3. The van der Waals surface area contributed by atoms with E-state index in [-0.39, 0.29) is 11.4 Å². The van der Waals surface area contributed by atoms with Crippen molar-refractivity contribution in [3.63, 3.8) is 0 Å². The zero-order valence-corrected chi connectivity index (χ0v) is 12.1. The predicted molar refractivity (Wildman–Crippen MR) is 76.6 cm³/mol. The number of carbonyl (C=O) groups is 1. The summed E-state index contributed by atoms with van der Waals surface area (Å²) in [4.78, 5) is 24.9. The van der Waals surface area contributed by atoms with Gasteiger partial charge in [0.15, 0.2) is 0 Å². The summed E-state index contributed by atoms with van der Waals surface area (Å²) < 4.78 is 0. The third-order valence-corrected chi connectivity index (χ3v) is 4.38. The number of carbonyl (C=O) groups excluding carboxylic acids is 1. The number of piperazine rings is 1. The summed E-state index contributed by atoms with van der Waals surface area (Å²) in [7, 11) is 0. The maximum absolute atomic E-state index is 11.6. The van der Waals surface area contributed by atoms with Gasteiger partial charge in [-0.1, -0.05) is 6.92 Å². The van der Waals surface area contributed by atoms with E-state index >= 15 is 0 Å². The van der Waals surface area contributed by atoms with Gasteiger partial charge in [0.1, 0.15) is 0 Å². The molecule has 2 saturated heterocycles. The summed E-state index contributed by atoms with van der Waals surface area (Å²) in [5.41, 5.74) is 1.11. The molecule has 1 N–H and O–H groups in total. The normalized spacial score (nSPS) is 27.1. The minimum absolute atomic E-state index is 0.0386. The van der Waals surface area contributed by atoms with E-state index in [2.05, 4.69) is 32.0 Å². The first-order chi connectivity index (χ1) is 9.63. The van der Waals surface area contributed by atoms with Gasteiger partial charge in [0, 0.05) is 32.0 Å². The molecule has 0 aromatic carbocycles. The molecule has 0 aliphatic carbocycles. The van der Waals surface area contributed by atoms with Gasteiger partial charge in [0.05, 0.1) is 12.1 Å². The number of nitrogens with zero attached hydrogens (tertiary/aromatic N) is 4. The average Bonchev–Trinajstić information content (AvgIpc) is 2.88. The van der Waals surface area contributed by atoms with E-state index in [0.29, 0.717) is 6.54 Å². The zero-order valence-electron chi connectivity index (χ0n) is 12.1. The van der Waals surface area contributed by atoms with Crippen LogP contribution in [0.5, 0.6) is 0 Å². The van der Waals surface area contributed by atoms with Crippen molar-refractivity contribution in [2.45, 2.75) is 25.8 Å².